The molecule has 0 fully saturated rings. The van der Waals surface area contributed by atoms with Gasteiger partial charge in [0, 0.05) is 17.0 Å². The Labute approximate surface area is 186 Å². The number of methoxy groups -OCH3 is 3. The Morgan fingerprint density at radius 2 is 1.50 bits per heavy atom. The average molecular weight is 431 g/mol. The first-order valence-electron chi connectivity index (χ1n) is 10.3. The standard InChI is InChI=1S/C26H25NO5/c1-5-31-20-11-13-23-21(15-20)22(27-18-7-9-19(28-2)10-8-18)16-25(32-23)17-6-12-24(29-3)26(14-17)30-4/h6-16H,5H2,1-4H3. The number of nitrogens with zero attached hydrogens (tertiary/aromatic N) is 1. The fraction of sp³-hybridized carbons (Fsp3) is 0.192. The van der Waals surface area contributed by atoms with E-state index >= 15 is 0 Å². The van der Waals surface area contributed by atoms with E-state index in [1.165, 1.54) is 0 Å². The molecule has 0 bridgehead atoms. The molecule has 4 rings (SSSR count). The summed E-state index contributed by atoms with van der Waals surface area (Å²) in [6, 6.07) is 20.9. The van der Waals surface area contributed by atoms with Crippen molar-refractivity contribution in [3.8, 4) is 34.3 Å². The second kappa shape index (κ2) is 9.47. The largest absolute Gasteiger partial charge is 0.497 e. The first kappa shape index (κ1) is 21.3. The minimum atomic E-state index is 0.581. The van der Waals surface area contributed by atoms with Crippen molar-refractivity contribution in [3.63, 3.8) is 0 Å². The summed E-state index contributed by atoms with van der Waals surface area (Å²) in [4.78, 5) is 4.88. The van der Waals surface area contributed by atoms with Gasteiger partial charge in [0.2, 0.25) is 0 Å². The maximum atomic E-state index is 6.24. The highest BCUT2D eigenvalue weighted by Gasteiger charge is 2.11. The monoisotopic (exact) mass is 431 g/mol. The zero-order valence-corrected chi connectivity index (χ0v) is 18.5. The van der Waals surface area contributed by atoms with Gasteiger partial charge in [-0.05, 0) is 67.6 Å². The van der Waals surface area contributed by atoms with E-state index in [9.17, 15) is 0 Å². The van der Waals surface area contributed by atoms with Gasteiger partial charge in [0.25, 0.3) is 0 Å². The van der Waals surface area contributed by atoms with Gasteiger partial charge >= 0.3 is 0 Å². The third kappa shape index (κ3) is 4.39. The Morgan fingerprint density at radius 1 is 0.750 bits per heavy atom. The summed E-state index contributed by atoms with van der Waals surface area (Å²) in [6.45, 7) is 2.54. The highest BCUT2D eigenvalue weighted by atomic mass is 16.5. The van der Waals surface area contributed by atoms with Crippen LogP contribution in [0.25, 0.3) is 22.3 Å². The Kier molecular flexibility index (Phi) is 6.31. The summed E-state index contributed by atoms with van der Waals surface area (Å²) in [7, 11) is 4.86. The lowest BCUT2D eigenvalue weighted by Gasteiger charge is -2.11. The Balaban J connectivity index is 1.92. The molecule has 1 heterocycles. The fourth-order valence-electron chi connectivity index (χ4n) is 3.42. The van der Waals surface area contributed by atoms with Gasteiger partial charge in [0.1, 0.15) is 22.8 Å². The van der Waals surface area contributed by atoms with Crippen molar-refractivity contribution >= 4 is 16.7 Å². The number of hydrogen-bond acceptors (Lipinski definition) is 6. The molecule has 0 aliphatic carbocycles. The van der Waals surface area contributed by atoms with E-state index in [1.54, 1.807) is 21.3 Å². The van der Waals surface area contributed by atoms with Crippen molar-refractivity contribution in [2.75, 3.05) is 27.9 Å². The van der Waals surface area contributed by atoms with Crippen LogP contribution in [0.15, 0.2) is 76.1 Å². The lowest BCUT2D eigenvalue weighted by atomic mass is 10.1. The van der Waals surface area contributed by atoms with Crippen LogP contribution in [0.3, 0.4) is 0 Å². The van der Waals surface area contributed by atoms with Crippen LogP contribution in [0, 0.1) is 0 Å². The molecule has 1 aromatic heterocycles. The minimum absolute atomic E-state index is 0.581. The third-order valence-corrected chi connectivity index (χ3v) is 5.02. The molecule has 0 saturated carbocycles. The van der Waals surface area contributed by atoms with Crippen molar-refractivity contribution in [2.24, 2.45) is 4.99 Å². The maximum absolute atomic E-state index is 6.24. The first-order valence-corrected chi connectivity index (χ1v) is 10.3. The van der Waals surface area contributed by atoms with Crippen molar-refractivity contribution in [1.29, 1.82) is 0 Å². The van der Waals surface area contributed by atoms with E-state index in [2.05, 4.69) is 0 Å². The van der Waals surface area contributed by atoms with Crippen LogP contribution in [0.5, 0.6) is 23.0 Å². The zero-order chi connectivity index (χ0) is 22.5. The van der Waals surface area contributed by atoms with Crippen LogP contribution in [0.2, 0.25) is 0 Å². The predicted octanol–water partition coefficient (Wildman–Crippen LogP) is 5.76. The molecule has 6 nitrogen and oxygen atoms in total. The predicted molar refractivity (Wildman–Crippen MR) is 124 cm³/mol. The third-order valence-electron chi connectivity index (χ3n) is 5.02. The van der Waals surface area contributed by atoms with E-state index in [0.29, 0.717) is 29.4 Å². The van der Waals surface area contributed by atoms with E-state index in [0.717, 1.165) is 33.5 Å². The van der Waals surface area contributed by atoms with Crippen LogP contribution in [0.1, 0.15) is 6.92 Å². The van der Waals surface area contributed by atoms with Crippen LogP contribution >= 0.6 is 0 Å². The molecule has 0 amide bonds. The van der Waals surface area contributed by atoms with E-state index < -0.39 is 0 Å². The topological polar surface area (TPSA) is 62.4 Å². The van der Waals surface area contributed by atoms with Crippen molar-refractivity contribution in [2.45, 2.75) is 6.92 Å². The summed E-state index contributed by atoms with van der Waals surface area (Å²) in [6.07, 6.45) is 0. The van der Waals surface area contributed by atoms with Gasteiger partial charge in [-0.1, -0.05) is 0 Å². The highest BCUT2D eigenvalue weighted by molar-refractivity contribution is 5.80. The summed E-state index contributed by atoms with van der Waals surface area (Å²) in [5.41, 5.74) is 2.36. The normalized spacial score (nSPS) is 11.4. The lowest BCUT2D eigenvalue weighted by molar-refractivity contribution is 0.340. The summed E-state index contributed by atoms with van der Waals surface area (Å²) in [5.74, 6) is 3.49. The van der Waals surface area contributed by atoms with Crippen molar-refractivity contribution in [1.82, 2.24) is 0 Å². The molecule has 0 saturated heterocycles. The Hall–Kier alpha value is -3.93. The van der Waals surface area contributed by atoms with Gasteiger partial charge < -0.3 is 23.4 Å². The number of rotatable bonds is 7. The molecule has 0 spiro atoms. The van der Waals surface area contributed by atoms with Crippen LogP contribution < -0.4 is 24.3 Å². The number of hydrogen-bond donors (Lipinski definition) is 0. The molecule has 4 aromatic rings. The van der Waals surface area contributed by atoms with Gasteiger partial charge in [-0.3, -0.25) is 0 Å². The van der Waals surface area contributed by atoms with Gasteiger partial charge in [-0.2, -0.15) is 0 Å². The quantitative estimate of drug-likeness (QED) is 0.372. The molecular formula is C26H25NO5. The van der Waals surface area contributed by atoms with Gasteiger partial charge in [-0.15, -0.1) is 0 Å². The molecule has 0 atom stereocenters. The number of fused-ring (bicyclic) bond motifs is 1. The van der Waals surface area contributed by atoms with Crippen LogP contribution in [-0.4, -0.2) is 27.9 Å². The summed E-state index contributed by atoms with van der Waals surface area (Å²) in [5, 5.41) is 1.62. The number of ether oxygens (including phenoxy) is 4. The molecule has 0 N–H and O–H groups in total. The summed E-state index contributed by atoms with van der Waals surface area (Å²) < 4.78 is 28.0. The second-order valence-corrected chi connectivity index (χ2v) is 6.97. The van der Waals surface area contributed by atoms with E-state index in [-0.39, 0.29) is 0 Å². The summed E-state index contributed by atoms with van der Waals surface area (Å²) >= 11 is 0. The Bertz CT molecular complexity index is 1290. The van der Waals surface area contributed by atoms with Crippen molar-refractivity contribution in [3.05, 3.63) is 72.1 Å². The van der Waals surface area contributed by atoms with Gasteiger partial charge in [0.15, 0.2) is 11.5 Å². The first-order chi connectivity index (χ1) is 15.6. The number of benzene rings is 3. The molecule has 0 radical (unpaired) electrons. The average Bonchev–Trinajstić information content (AvgIpc) is 2.84. The zero-order valence-electron chi connectivity index (χ0n) is 18.5. The molecule has 0 aliphatic rings. The minimum Gasteiger partial charge on any atom is -0.497 e. The smallest absolute Gasteiger partial charge is 0.161 e. The fourth-order valence-corrected chi connectivity index (χ4v) is 3.42. The van der Waals surface area contributed by atoms with Crippen LogP contribution in [0.4, 0.5) is 5.69 Å². The SMILES string of the molecule is CCOc1ccc2oc(-c3ccc(OC)c(OC)c3)cc(=Nc3ccc(OC)cc3)c2c1. The van der Waals surface area contributed by atoms with Crippen molar-refractivity contribution < 1.29 is 23.4 Å². The van der Waals surface area contributed by atoms with Gasteiger partial charge in [-0.25, -0.2) is 4.99 Å². The second-order valence-electron chi connectivity index (χ2n) is 6.97. The molecular weight excluding hydrogens is 406 g/mol. The molecule has 6 heteroatoms. The highest BCUT2D eigenvalue weighted by Crippen LogP contribution is 2.33. The molecule has 0 unspecified atom stereocenters. The van der Waals surface area contributed by atoms with Crippen LogP contribution in [-0.2, 0) is 0 Å². The van der Waals surface area contributed by atoms with Gasteiger partial charge in [0.05, 0.1) is 39.0 Å². The molecule has 3 aromatic carbocycles. The van der Waals surface area contributed by atoms with E-state index in [1.807, 2.05) is 73.7 Å². The van der Waals surface area contributed by atoms with E-state index in [4.69, 9.17) is 28.4 Å². The Morgan fingerprint density at radius 3 is 2.19 bits per heavy atom. The molecule has 0 aliphatic heterocycles. The lowest BCUT2D eigenvalue weighted by Crippen LogP contribution is -2.04. The molecule has 164 valence electrons. The molecule has 32 heavy (non-hydrogen) atoms. The maximum Gasteiger partial charge on any atom is 0.161 e.